The Morgan fingerprint density at radius 2 is 2.18 bits per heavy atom. The molecule has 1 amide bonds. The molecule has 2 aromatic rings. The van der Waals surface area contributed by atoms with Crippen molar-refractivity contribution >= 4 is 16.8 Å². The van der Waals surface area contributed by atoms with Gasteiger partial charge in [-0.25, -0.2) is 0 Å². The molecule has 0 spiro atoms. The quantitative estimate of drug-likeness (QED) is 0.832. The Labute approximate surface area is 167 Å². The SMILES string of the molecule is CC[C@@]1(C(C)C(=O)N(C)CCO)CCCN2CCc3c([nH]c4ccccc34)[C@@H]21. The number of aromatic amines is 1. The molecule has 5 nitrogen and oxygen atoms in total. The number of likely N-dealkylation sites (N-methyl/N-ethyl adjacent to an activating group) is 1. The van der Waals surface area contributed by atoms with Gasteiger partial charge in [-0.15, -0.1) is 0 Å². The third kappa shape index (κ3) is 2.87. The number of aliphatic hydroxyl groups excluding tert-OH is 1. The van der Waals surface area contributed by atoms with Crippen molar-refractivity contribution in [2.24, 2.45) is 11.3 Å². The van der Waals surface area contributed by atoms with Crippen molar-refractivity contribution < 1.29 is 9.90 Å². The van der Waals surface area contributed by atoms with Gasteiger partial charge in [-0.2, -0.15) is 0 Å². The van der Waals surface area contributed by atoms with E-state index in [4.69, 9.17) is 0 Å². The summed E-state index contributed by atoms with van der Waals surface area (Å²) in [5, 5.41) is 10.6. The highest BCUT2D eigenvalue weighted by Crippen LogP contribution is 2.55. The molecule has 0 bridgehead atoms. The molecule has 4 rings (SSSR count). The number of rotatable bonds is 5. The van der Waals surface area contributed by atoms with E-state index >= 15 is 0 Å². The fraction of sp³-hybridized carbons (Fsp3) is 0.609. The molecule has 1 saturated heterocycles. The van der Waals surface area contributed by atoms with Crippen molar-refractivity contribution in [1.29, 1.82) is 0 Å². The summed E-state index contributed by atoms with van der Waals surface area (Å²) in [7, 11) is 1.81. The van der Waals surface area contributed by atoms with E-state index in [1.165, 1.54) is 22.2 Å². The first-order valence-electron chi connectivity index (χ1n) is 10.7. The van der Waals surface area contributed by atoms with E-state index < -0.39 is 0 Å². The molecule has 3 atom stereocenters. The zero-order valence-electron chi connectivity index (χ0n) is 17.4. The van der Waals surface area contributed by atoms with Gasteiger partial charge in [0.2, 0.25) is 5.91 Å². The number of aliphatic hydroxyl groups is 1. The minimum absolute atomic E-state index is 0.00973. The molecule has 152 valence electrons. The molecule has 0 saturated carbocycles. The largest absolute Gasteiger partial charge is 0.395 e. The predicted octanol–water partition coefficient (Wildman–Crippen LogP) is 3.34. The first kappa shape index (κ1) is 19.5. The van der Waals surface area contributed by atoms with Crippen LogP contribution in [0.3, 0.4) is 0 Å². The molecule has 0 aliphatic carbocycles. The normalized spacial score (nSPS) is 25.9. The molecule has 3 heterocycles. The Morgan fingerprint density at radius 1 is 1.39 bits per heavy atom. The summed E-state index contributed by atoms with van der Waals surface area (Å²) in [5.74, 6) is 0.0696. The number of piperidine rings is 1. The lowest BCUT2D eigenvalue weighted by atomic mass is 9.61. The van der Waals surface area contributed by atoms with Gasteiger partial charge in [0.05, 0.1) is 12.6 Å². The molecular weight excluding hydrogens is 350 g/mol. The highest BCUT2D eigenvalue weighted by atomic mass is 16.3. The molecule has 1 aromatic heterocycles. The van der Waals surface area contributed by atoms with E-state index in [0.717, 1.165) is 38.8 Å². The topological polar surface area (TPSA) is 59.6 Å². The van der Waals surface area contributed by atoms with E-state index in [-0.39, 0.29) is 29.9 Å². The van der Waals surface area contributed by atoms with E-state index in [1.807, 2.05) is 7.05 Å². The van der Waals surface area contributed by atoms with Gasteiger partial charge in [0.15, 0.2) is 0 Å². The van der Waals surface area contributed by atoms with Crippen molar-refractivity contribution in [3.63, 3.8) is 0 Å². The molecule has 0 radical (unpaired) electrons. The lowest BCUT2D eigenvalue weighted by Crippen LogP contribution is -2.54. The molecule has 5 heteroatoms. The van der Waals surface area contributed by atoms with Gasteiger partial charge < -0.3 is 15.0 Å². The lowest BCUT2D eigenvalue weighted by Gasteiger charge is -2.54. The molecule has 1 fully saturated rings. The molecule has 2 aliphatic rings. The first-order chi connectivity index (χ1) is 13.5. The predicted molar refractivity (Wildman–Crippen MR) is 112 cm³/mol. The van der Waals surface area contributed by atoms with Crippen molar-refractivity contribution in [2.75, 3.05) is 33.3 Å². The maximum absolute atomic E-state index is 13.2. The van der Waals surface area contributed by atoms with E-state index in [0.29, 0.717) is 6.54 Å². The fourth-order valence-corrected chi connectivity index (χ4v) is 5.90. The number of nitrogens with zero attached hydrogens (tertiary/aromatic N) is 2. The number of carbonyl (C=O) groups is 1. The second kappa shape index (κ2) is 7.53. The fourth-order valence-electron chi connectivity index (χ4n) is 5.90. The molecule has 2 N–H and O–H groups in total. The van der Waals surface area contributed by atoms with Crippen molar-refractivity contribution in [3.8, 4) is 0 Å². The number of amides is 1. The average Bonchev–Trinajstić information content (AvgIpc) is 3.11. The van der Waals surface area contributed by atoms with Crippen molar-refractivity contribution in [2.45, 2.75) is 45.6 Å². The third-order valence-corrected chi connectivity index (χ3v) is 7.47. The van der Waals surface area contributed by atoms with Crippen LogP contribution in [-0.4, -0.2) is 59.1 Å². The van der Waals surface area contributed by atoms with Crippen LogP contribution in [0.25, 0.3) is 10.9 Å². The Bertz CT molecular complexity index is 861. The summed E-state index contributed by atoms with van der Waals surface area (Å²) in [6.45, 7) is 6.93. The molecule has 1 aromatic carbocycles. The summed E-state index contributed by atoms with van der Waals surface area (Å²) in [5.41, 5.74) is 3.90. The Hall–Kier alpha value is -1.85. The standard InChI is InChI=1S/C23H33N3O2/c1-4-23(16(2)22(28)25(3)14-15-27)11-7-12-26-13-10-18-17-8-5-6-9-19(17)24-20(18)21(23)26/h5-6,8-9,16,21,24,27H,4,7,10-15H2,1-3H3/t16?,21-,23+/m1/s1. The third-order valence-electron chi connectivity index (χ3n) is 7.47. The second-order valence-electron chi connectivity index (χ2n) is 8.65. The number of benzene rings is 1. The van der Waals surface area contributed by atoms with Gasteiger partial charge >= 0.3 is 0 Å². The van der Waals surface area contributed by atoms with Crippen LogP contribution in [0.1, 0.15) is 50.4 Å². The highest BCUT2D eigenvalue weighted by Gasteiger charge is 2.52. The number of H-pyrrole nitrogens is 1. The van der Waals surface area contributed by atoms with Gasteiger partial charge in [0.1, 0.15) is 0 Å². The minimum Gasteiger partial charge on any atom is -0.395 e. The summed E-state index contributed by atoms with van der Waals surface area (Å²) >= 11 is 0. The molecule has 2 aliphatic heterocycles. The van der Waals surface area contributed by atoms with Crippen LogP contribution in [0.15, 0.2) is 24.3 Å². The average molecular weight is 384 g/mol. The summed E-state index contributed by atoms with van der Waals surface area (Å²) < 4.78 is 0. The Morgan fingerprint density at radius 3 is 2.93 bits per heavy atom. The number of aromatic nitrogens is 1. The number of para-hydroxylation sites is 1. The molecule has 28 heavy (non-hydrogen) atoms. The van der Waals surface area contributed by atoms with Crippen LogP contribution < -0.4 is 0 Å². The van der Waals surface area contributed by atoms with Crippen LogP contribution >= 0.6 is 0 Å². The van der Waals surface area contributed by atoms with E-state index in [1.54, 1.807) is 4.90 Å². The van der Waals surface area contributed by atoms with Crippen LogP contribution in [0.5, 0.6) is 0 Å². The number of hydrogen-bond acceptors (Lipinski definition) is 3. The zero-order chi connectivity index (χ0) is 19.9. The Kier molecular flexibility index (Phi) is 5.23. The summed E-state index contributed by atoms with van der Waals surface area (Å²) in [6, 6.07) is 8.85. The maximum Gasteiger partial charge on any atom is 0.225 e. The van der Waals surface area contributed by atoms with E-state index in [2.05, 4.69) is 48.0 Å². The smallest absolute Gasteiger partial charge is 0.225 e. The van der Waals surface area contributed by atoms with Crippen LogP contribution in [-0.2, 0) is 11.2 Å². The highest BCUT2D eigenvalue weighted by molar-refractivity contribution is 5.85. The number of nitrogens with one attached hydrogen (secondary N) is 1. The summed E-state index contributed by atoms with van der Waals surface area (Å²) in [4.78, 5) is 21.3. The van der Waals surface area contributed by atoms with Gasteiger partial charge in [-0.05, 0) is 43.9 Å². The van der Waals surface area contributed by atoms with Crippen LogP contribution in [0, 0.1) is 11.3 Å². The van der Waals surface area contributed by atoms with Gasteiger partial charge in [0.25, 0.3) is 0 Å². The second-order valence-corrected chi connectivity index (χ2v) is 8.65. The van der Waals surface area contributed by atoms with Crippen LogP contribution in [0.2, 0.25) is 0 Å². The van der Waals surface area contributed by atoms with Gasteiger partial charge in [0, 0.05) is 48.1 Å². The lowest BCUT2D eigenvalue weighted by molar-refractivity contribution is -0.144. The minimum atomic E-state index is -0.0882. The van der Waals surface area contributed by atoms with Crippen molar-refractivity contribution in [1.82, 2.24) is 14.8 Å². The van der Waals surface area contributed by atoms with E-state index in [9.17, 15) is 9.90 Å². The number of carbonyl (C=O) groups excluding carboxylic acids is 1. The Balaban J connectivity index is 1.80. The first-order valence-corrected chi connectivity index (χ1v) is 10.7. The number of fused-ring (bicyclic) bond motifs is 5. The van der Waals surface area contributed by atoms with Crippen molar-refractivity contribution in [3.05, 3.63) is 35.5 Å². The number of hydrogen-bond donors (Lipinski definition) is 2. The van der Waals surface area contributed by atoms with Crippen LogP contribution in [0.4, 0.5) is 0 Å². The summed E-state index contributed by atoms with van der Waals surface area (Å²) in [6.07, 6.45) is 4.26. The van der Waals surface area contributed by atoms with Gasteiger partial charge in [-0.1, -0.05) is 32.0 Å². The monoisotopic (exact) mass is 383 g/mol. The maximum atomic E-state index is 13.2. The molecular formula is C23H33N3O2. The molecule has 1 unspecified atom stereocenters. The zero-order valence-corrected chi connectivity index (χ0v) is 17.4. The van der Waals surface area contributed by atoms with Gasteiger partial charge in [-0.3, -0.25) is 9.69 Å².